The van der Waals surface area contributed by atoms with Crippen LogP contribution in [-0.4, -0.2) is 7.11 Å². The van der Waals surface area contributed by atoms with Gasteiger partial charge in [0.1, 0.15) is 11.6 Å². The van der Waals surface area contributed by atoms with Crippen molar-refractivity contribution in [2.45, 2.75) is 6.92 Å². The van der Waals surface area contributed by atoms with Gasteiger partial charge in [0, 0.05) is 5.56 Å². The molecule has 2 N–H and O–H groups in total. The Labute approximate surface area is 76.9 Å². The summed E-state index contributed by atoms with van der Waals surface area (Å²) in [6, 6.07) is 2.85. The van der Waals surface area contributed by atoms with Crippen molar-refractivity contribution in [1.82, 2.24) is 0 Å². The number of ether oxygens (including phenoxy) is 1. The maximum Gasteiger partial charge on any atom is 0.142 e. The van der Waals surface area contributed by atoms with Gasteiger partial charge in [0.05, 0.1) is 12.8 Å². The van der Waals surface area contributed by atoms with E-state index in [1.807, 2.05) is 0 Å². The van der Waals surface area contributed by atoms with Gasteiger partial charge >= 0.3 is 0 Å². The molecule has 0 aliphatic rings. The molecule has 12 heavy (non-hydrogen) atoms. The van der Waals surface area contributed by atoms with Crippen molar-refractivity contribution < 1.29 is 9.13 Å². The third-order valence-electron chi connectivity index (χ3n) is 1.63. The fourth-order valence-electron chi connectivity index (χ4n) is 0.855. The highest BCUT2D eigenvalue weighted by atomic mass is 35.5. The highest BCUT2D eigenvalue weighted by Crippen LogP contribution is 2.25. The zero-order chi connectivity index (χ0) is 8.43. The van der Waals surface area contributed by atoms with E-state index in [0.717, 1.165) is 0 Å². The summed E-state index contributed by atoms with van der Waals surface area (Å²) in [5.74, 6) is 0.215. The van der Waals surface area contributed by atoms with Crippen molar-refractivity contribution in [2.24, 2.45) is 0 Å². The minimum Gasteiger partial charge on any atom is -0.495 e. The summed E-state index contributed by atoms with van der Waals surface area (Å²) in [6.45, 7) is 1.62. The molecular formula is C8H11ClFNO. The first kappa shape index (κ1) is 11.0. The molecule has 0 amide bonds. The van der Waals surface area contributed by atoms with Gasteiger partial charge in [-0.15, -0.1) is 12.4 Å². The molecule has 1 aromatic carbocycles. The summed E-state index contributed by atoms with van der Waals surface area (Å²) in [6.07, 6.45) is 0. The van der Waals surface area contributed by atoms with Crippen LogP contribution in [0, 0.1) is 12.7 Å². The molecule has 68 valence electrons. The lowest BCUT2D eigenvalue weighted by molar-refractivity contribution is 0.415. The van der Waals surface area contributed by atoms with Crippen molar-refractivity contribution in [1.29, 1.82) is 0 Å². The van der Waals surface area contributed by atoms with Gasteiger partial charge in [0.25, 0.3) is 0 Å². The molecular weight excluding hydrogens is 181 g/mol. The minimum absolute atomic E-state index is 0. The molecule has 0 heterocycles. The second-order valence-corrected chi connectivity index (χ2v) is 2.29. The molecule has 0 saturated carbocycles. The fourth-order valence-corrected chi connectivity index (χ4v) is 0.855. The van der Waals surface area contributed by atoms with Gasteiger partial charge in [-0.25, -0.2) is 4.39 Å². The first-order valence-electron chi connectivity index (χ1n) is 3.25. The van der Waals surface area contributed by atoms with E-state index in [1.165, 1.54) is 19.2 Å². The Hall–Kier alpha value is -0.960. The van der Waals surface area contributed by atoms with Crippen LogP contribution in [0.25, 0.3) is 0 Å². The Morgan fingerprint density at radius 1 is 1.42 bits per heavy atom. The SMILES string of the molecule is COc1ccc(F)c(C)c1N.Cl. The maximum atomic E-state index is 12.8. The molecule has 0 saturated heterocycles. The highest BCUT2D eigenvalue weighted by molar-refractivity contribution is 5.85. The van der Waals surface area contributed by atoms with Crippen LogP contribution in [0.3, 0.4) is 0 Å². The summed E-state index contributed by atoms with van der Waals surface area (Å²) < 4.78 is 17.6. The predicted octanol–water partition coefficient (Wildman–Crippen LogP) is 2.15. The van der Waals surface area contributed by atoms with Crippen LogP contribution in [0.5, 0.6) is 5.75 Å². The zero-order valence-electron chi connectivity index (χ0n) is 6.93. The van der Waals surface area contributed by atoms with Crippen molar-refractivity contribution in [2.75, 3.05) is 12.8 Å². The lowest BCUT2D eigenvalue weighted by atomic mass is 10.2. The van der Waals surface area contributed by atoms with Gasteiger partial charge < -0.3 is 10.5 Å². The van der Waals surface area contributed by atoms with E-state index < -0.39 is 0 Å². The Bertz CT molecular complexity index is 278. The standard InChI is InChI=1S/C8H10FNO.ClH/c1-5-6(9)3-4-7(11-2)8(5)10;/h3-4H,10H2,1-2H3;1H. The van der Waals surface area contributed by atoms with Gasteiger partial charge in [-0.2, -0.15) is 0 Å². The van der Waals surface area contributed by atoms with Gasteiger partial charge in [0.2, 0.25) is 0 Å². The number of methoxy groups -OCH3 is 1. The first-order valence-corrected chi connectivity index (χ1v) is 3.25. The molecule has 4 heteroatoms. The molecule has 0 aliphatic carbocycles. The molecule has 0 unspecified atom stereocenters. The summed E-state index contributed by atoms with van der Waals surface area (Å²) in [5, 5.41) is 0. The highest BCUT2D eigenvalue weighted by Gasteiger charge is 2.05. The number of halogens is 2. The molecule has 2 nitrogen and oxygen atoms in total. The van der Waals surface area contributed by atoms with Crippen molar-refractivity contribution in [3.05, 3.63) is 23.5 Å². The third-order valence-corrected chi connectivity index (χ3v) is 1.63. The van der Waals surface area contributed by atoms with Crippen molar-refractivity contribution >= 4 is 18.1 Å². The molecule has 0 spiro atoms. The minimum atomic E-state index is -0.302. The van der Waals surface area contributed by atoms with Crippen LogP contribution in [0.4, 0.5) is 10.1 Å². The lowest BCUT2D eigenvalue weighted by Gasteiger charge is -2.06. The Morgan fingerprint density at radius 3 is 2.50 bits per heavy atom. The average Bonchev–Trinajstić information content (AvgIpc) is 2.01. The van der Waals surface area contributed by atoms with Crippen LogP contribution in [0.2, 0.25) is 0 Å². The number of rotatable bonds is 1. The largest absolute Gasteiger partial charge is 0.495 e. The van der Waals surface area contributed by atoms with Crippen molar-refractivity contribution in [3.8, 4) is 5.75 Å². The summed E-state index contributed by atoms with van der Waals surface area (Å²) >= 11 is 0. The van der Waals surface area contributed by atoms with E-state index in [0.29, 0.717) is 17.0 Å². The fraction of sp³-hybridized carbons (Fsp3) is 0.250. The monoisotopic (exact) mass is 191 g/mol. The van der Waals surface area contributed by atoms with E-state index >= 15 is 0 Å². The maximum absolute atomic E-state index is 12.8. The van der Waals surface area contributed by atoms with E-state index in [2.05, 4.69) is 0 Å². The van der Waals surface area contributed by atoms with Crippen LogP contribution in [0.15, 0.2) is 12.1 Å². The number of nitrogen functional groups attached to an aromatic ring is 1. The van der Waals surface area contributed by atoms with Crippen molar-refractivity contribution in [3.63, 3.8) is 0 Å². The number of benzene rings is 1. The number of hydrogen-bond donors (Lipinski definition) is 1. The molecule has 1 rings (SSSR count). The van der Waals surface area contributed by atoms with E-state index in [9.17, 15) is 4.39 Å². The Kier molecular flexibility index (Phi) is 3.83. The number of hydrogen-bond acceptors (Lipinski definition) is 2. The molecule has 0 bridgehead atoms. The lowest BCUT2D eigenvalue weighted by Crippen LogP contribution is -1.97. The van der Waals surface area contributed by atoms with Crippen LogP contribution in [-0.2, 0) is 0 Å². The zero-order valence-corrected chi connectivity index (χ0v) is 7.74. The second-order valence-electron chi connectivity index (χ2n) is 2.29. The predicted molar refractivity (Wildman–Crippen MR) is 49.3 cm³/mol. The molecule has 0 radical (unpaired) electrons. The first-order chi connectivity index (χ1) is 5.16. The van der Waals surface area contributed by atoms with Gasteiger partial charge in [-0.05, 0) is 19.1 Å². The average molecular weight is 192 g/mol. The van der Waals surface area contributed by atoms with Crippen LogP contribution >= 0.6 is 12.4 Å². The Morgan fingerprint density at radius 2 is 2.00 bits per heavy atom. The molecule has 0 fully saturated rings. The molecule has 0 atom stereocenters. The summed E-state index contributed by atoms with van der Waals surface area (Å²) in [4.78, 5) is 0. The second kappa shape index (κ2) is 4.16. The Balaban J connectivity index is 0.00000121. The van der Waals surface area contributed by atoms with Gasteiger partial charge in [-0.3, -0.25) is 0 Å². The van der Waals surface area contributed by atoms with E-state index in [1.54, 1.807) is 6.92 Å². The normalized spacial score (nSPS) is 8.92. The number of anilines is 1. The topological polar surface area (TPSA) is 35.2 Å². The summed E-state index contributed by atoms with van der Waals surface area (Å²) in [7, 11) is 1.50. The van der Waals surface area contributed by atoms with E-state index in [4.69, 9.17) is 10.5 Å². The van der Waals surface area contributed by atoms with Crippen LogP contribution < -0.4 is 10.5 Å². The molecule has 0 aliphatic heterocycles. The van der Waals surface area contributed by atoms with Gasteiger partial charge in [0.15, 0.2) is 0 Å². The molecule has 0 aromatic heterocycles. The molecule has 1 aromatic rings. The smallest absolute Gasteiger partial charge is 0.142 e. The third kappa shape index (κ3) is 1.80. The quantitative estimate of drug-likeness (QED) is 0.691. The number of nitrogens with two attached hydrogens (primary N) is 1. The van der Waals surface area contributed by atoms with Crippen LogP contribution in [0.1, 0.15) is 5.56 Å². The van der Waals surface area contributed by atoms with Gasteiger partial charge in [-0.1, -0.05) is 0 Å². The van der Waals surface area contributed by atoms with E-state index in [-0.39, 0.29) is 18.2 Å². The summed E-state index contributed by atoms with van der Waals surface area (Å²) in [5.41, 5.74) is 6.33.